The third kappa shape index (κ3) is 2.45. The van der Waals surface area contributed by atoms with Gasteiger partial charge in [0.05, 0.1) is 12.0 Å². The first-order valence-electron chi connectivity index (χ1n) is 7.85. The summed E-state index contributed by atoms with van der Waals surface area (Å²) in [5.41, 5.74) is 0.148. The van der Waals surface area contributed by atoms with Gasteiger partial charge in [-0.3, -0.25) is 4.79 Å². The van der Waals surface area contributed by atoms with Gasteiger partial charge < -0.3 is 15.5 Å². The maximum Gasteiger partial charge on any atom is 0.334 e. The number of hydrogen-bond donors (Lipinski definition) is 3. The summed E-state index contributed by atoms with van der Waals surface area (Å²) in [7, 11) is 0. The fraction of sp³-hybridized carbons (Fsp3) is 0.875. The number of carbonyl (C=O) groups is 2. The van der Waals surface area contributed by atoms with Crippen LogP contribution in [-0.2, 0) is 9.59 Å². The second-order valence-electron chi connectivity index (χ2n) is 8.47. The zero-order valence-corrected chi connectivity index (χ0v) is 12.8. The number of carboxylic acid groups (broad SMARTS) is 1. The number of carboxylic acids is 1. The van der Waals surface area contributed by atoms with Crippen molar-refractivity contribution in [3.63, 3.8) is 0 Å². The Labute approximate surface area is 125 Å². The highest BCUT2D eigenvalue weighted by atomic mass is 16.4. The second kappa shape index (κ2) is 4.45. The van der Waals surface area contributed by atoms with E-state index in [-0.39, 0.29) is 28.7 Å². The molecule has 3 atom stereocenters. The molecule has 5 heteroatoms. The standard InChI is InChI=1S/C16H25NO4/c1-14-3-10-4-15(2,7-14)9-16(5-10,8-14)13(21)17-6-11(18)12(19)20/h10-11,18H,3-9H2,1-2H3,(H,17,21)(H,19,20)/t10?,11-,14?,15?,16?/m0/s1. The topological polar surface area (TPSA) is 86.6 Å². The normalized spacial score (nSPS) is 45.4. The van der Waals surface area contributed by atoms with E-state index in [9.17, 15) is 14.7 Å². The van der Waals surface area contributed by atoms with Crippen molar-refractivity contribution in [3.8, 4) is 0 Å². The Hall–Kier alpha value is -1.10. The molecule has 4 bridgehead atoms. The lowest BCUT2D eigenvalue weighted by Crippen LogP contribution is -2.60. The van der Waals surface area contributed by atoms with Crippen LogP contribution in [0.5, 0.6) is 0 Å². The zero-order valence-electron chi connectivity index (χ0n) is 12.8. The Morgan fingerprint density at radius 3 is 2.19 bits per heavy atom. The first-order chi connectivity index (χ1) is 9.65. The summed E-state index contributed by atoms with van der Waals surface area (Å²) in [6, 6.07) is 0. The van der Waals surface area contributed by atoms with Gasteiger partial charge in [-0.1, -0.05) is 13.8 Å². The molecule has 3 N–H and O–H groups in total. The molecule has 0 aromatic carbocycles. The Kier molecular flexibility index (Phi) is 3.14. The SMILES string of the molecule is CC12CC3CC(C)(C1)CC(C(=O)NC[C@H](O)C(=O)O)(C3)C2. The quantitative estimate of drug-likeness (QED) is 0.734. The lowest BCUT2D eigenvalue weighted by Gasteiger charge is -2.64. The van der Waals surface area contributed by atoms with Gasteiger partial charge in [0.1, 0.15) is 0 Å². The Morgan fingerprint density at radius 2 is 1.71 bits per heavy atom. The average molecular weight is 295 g/mol. The van der Waals surface area contributed by atoms with Gasteiger partial charge in [-0.25, -0.2) is 4.79 Å². The Bertz CT molecular complexity index is 471. The molecule has 118 valence electrons. The summed E-state index contributed by atoms with van der Waals surface area (Å²) >= 11 is 0. The summed E-state index contributed by atoms with van der Waals surface area (Å²) < 4.78 is 0. The molecule has 0 saturated heterocycles. The molecule has 0 heterocycles. The van der Waals surface area contributed by atoms with Crippen LogP contribution < -0.4 is 5.32 Å². The smallest absolute Gasteiger partial charge is 0.334 e. The largest absolute Gasteiger partial charge is 0.479 e. The highest BCUT2D eigenvalue weighted by molar-refractivity contribution is 5.84. The summed E-state index contributed by atoms with van der Waals surface area (Å²) in [5, 5.41) is 20.7. The van der Waals surface area contributed by atoms with Crippen LogP contribution in [0.15, 0.2) is 0 Å². The van der Waals surface area contributed by atoms with Crippen LogP contribution in [0, 0.1) is 22.2 Å². The Balaban J connectivity index is 1.75. The summed E-state index contributed by atoms with van der Waals surface area (Å²) in [4.78, 5) is 23.4. The number of carbonyl (C=O) groups excluding carboxylic acids is 1. The minimum atomic E-state index is -1.52. The monoisotopic (exact) mass is 295 g/mol. The van der Waals surface area contributed by atoms with Crippen molar-refractivity contribution in [3.05, 3.63) is 0 Å². The van der Waals surface area contributed by atoms with E-state index in [1.54, 1.807) is 0 Å². The third-order valence-corrected chi connectivity index (χ3v) is 5.85. The molecule has 4 saturated carbocycles. The zero-order chi connectivity index (χ0) is 15.5. The average Bonchev–Trinajstić information content (AvgIpc) is 2.30. The molecule has 2 unspecified atom stereocenters. The van der Waals surface area contributed by atoms with Crippen molar-refractivity contribution in [1.29, 1.82) is 0 Å². The molecule has 1 amide bonds. The number of amides is 1. The summed E-state index contributed by atoms with van der Waals surface area (Å²) in [5.74, 6) is -0.726. The highest BCUT2D eigenvalue weighted by Crippen LogP contribution is 2.69. The third-order valence-electron chi connectivity index (χ3n) is 5.85. The predicted octanol–water partition coefficient (Wildman–Crippen LogP) is 1.54. The van der Waals surface area contributed by atoms with E-state index in [1.165, 1.54) is 19.3 Å². The maximum atomic E-state index is 12.7. The molecule has 5 nitrogen and oxygen atoms in total. The molecule has 4 aliphatic carbocycles. The van der Waals surface area contributed by atoms with Crippen LogP contribution in [-0.4, -0.2) is 34.7 Å². The minimum Gasteiger partial charge on any atom is -0.479 e. The Morgan fingerprint density at radius 1 is 1.14 bits per heavy atom. The van der Waals surface area contributed by atoms with Crippen LogP contribution in [0.4, 0.5) is 0 Å². The van der Waals surface area contributed by atoms with E-state index in [4.69, 9.17) is 5.11 Å². The molecule has 0 spiro atoms. The fourth-order valence-corrected chi connectivity index (χ4v) is 6.17. The van der Waals surface area contributed by atoms with Gasteiger partial charge in [0.2, 0.25) is 5.91 Å². The van der Waals surface area contributed by atoms with Crippen LogP contribution in [0.1, 0.15) is 52.4 Å². The maximum absolute atomic E-state index is 12.7. The predicted molar refractivity (Wildman–Crippen MR) is 76.5 cm³/mol. The van der Waals surface area contributed by atoms with Gasteiger partial charge in [-0.2, -0.15) is 0 Å². The molecule has 0 aliphatic heterocycles. The van der Waals surface area contributed by atoms with Crippen molar-refractivity contribution in [2.24, 2.45) is 22.2 Å². The summed E-state index contributed by atoms with van der Waals surface area (Å²) in [6.07, 6.45) is 4.85. The number of aliphatic hydroxyl groups is 1. The fourth-order valence-electron chi connectivity index (χ4n) is 6.17. The second-order valence-corrected chi connectivity index (χ2v) is 8.47. The molecule has 4 aliphatic rings. The van der Waals surface area contributed by atoms with Crippen LogP contribution >= 0.6 is 0 Å². The first-order valence-corrected chi connectivity index (χ1v) is 7.85. The molecule has 4 rings (SSSR count). The highest BCUT2D eigenvalue weighted by Gasteiger charge is 2.62. The molecule has 4 fully saturated rings. The molecule has 0 aromatic rings. The van der Waals surface area contributed by atoms with E-state index in [2.05, 4.69) is 19.2 Å². The van der Waals surface area contributed by atoms with E-state index >= 15 is 0 Å². The van der Waals surface area contributed by atoms with Crippen LogP contribution in [0.3, 0.4) is 0 Å². The molecule has 0 aromatic heterocycles. The van der Waals surface area contributed by atoms with Crippen LogP contribution in [0.2, 0.25) is 0 Å². The molecular weight excluding hydrogens is 270 g/mol. The van der Waals surface area contributed by atoms with E-state index < -0.39 is 12.1 Å². The number of hydrogen-bond acceptors (Lipinski definition) is 3. The number of rotatable bonds is 4. The van der Waals surface area contributed by atoms with Crippen molar-refractivity contribution < 1.29 is 19.8 Å². The van der Waals surface area contributed by atoms with Crippen molar-refractivity contribution in [1.82, 2.24) is 5.32 Å². The van der Waals surface area contributed by atoms with Gasteiger partial charge in [0.25, 0.3) is 0 Å². The lowest BCUT2D eigenvalue weighted by atomic mass is 9.40. The van der Waals surface area contributed by atoms with Crippen molar-refractivity contribution >= 4 is 11.9 Å². The lowest BCUT2D eigenvalue weighted by molar-refractivity contribution is -0.170. The van der Waals surface area contributed by atoms with Gasteiger partial charge >= 0.3 is 5.97 Å². The van der Waals surface area contributed by atoms with E-state index in [0.29, 0.717) is 5.92 Å². The number of aliphatic hydroxyl groups excluding tert-OH is 1. The van der Waals surface area contributed by atoms with Crippen molar-refractivity contribution in [2.75, 3.05) is 6.54 Å². The number of nitrogens with one attached hydrogen (secondary N) is 1. The minimum absolute atomic E-state index is 0.0515. The molecular formula is C16H25NO4. The molecule has 0 radical (unpaired) electrons. The first kappa shape index (κ1) is 14.8. The van der Waals surface area contributed by atoms with Crippen molar-refractivity contribution in [2.45, 2.75) is 58.5 Å². The van der Waals surface area contributed by atoms with Gasteiger partial charge in [-0.05, 0) is 55.3 Å². The van der Waals surface area contributed by atoms with E-state index in [1.807, 2.05) is 0 Å². The van der Waals surface area contributed by atoms with Crippen LogP contribution in [0.25, 0.3) is 0 Å². The van der Waals surface area contributed by atoms with E-state index in [0.717, 1.165) is 19.3 Å². The summed E-state index contributed by atoms with van der Waals surface area (Å²) in [6.45, 7) is 4.39. The number of aliphatic carboxylic acids is 1. The van der Waals surface area contributed by atoms with Gasteiger partial charge in [0.15, 0.2) is 6.10 Å². The van der Waals surface area contributed by atoms with Gasteiger partial charge in [0, 0.05) is 0 Å². The van der Waals surface area contributed by atoms with Gasteiger partial charge in [-0.15, -0.1) is 0 Å². The molecule has 21 heavy (non-hydrogen) atoms.